The lowest BCUT2D eigenvalue weighted by atomic mass is 9.98. The first kappa shape index (κ1) is 28.6. The van der Waals surface area contributed by atoms with Crippen LogP contribution in [0.25, 0.3) is 33.0 Å². The highest BCUT2D eigenvalue weighted by Gasteiger charge is 2.27. The topological polar surface area (TPSA) is 15.7 Å². The molecule has 0 unspecified atom stereocenters. The third-order valence-corrected chi connectivity index (χ3v) is 9.22. The summed E-state index contributed by atoms with van der Waals surface area (Å²) < 4.78 is 6.64. The summed E-state index contributed by atoms with van der Waals surface area (Å²) in [5.41, 5.74) is 11.1. The highest BCUT2D eigenvalue weighted by Crippen LogP contribution is 2.52. The van der Waals surface area contributed by atoms with E-state index in [1.54, 1.807) is 0 Å². The molecule has 0 aromatic heterocycles. The summed E-state index contributed by atoms with van der Waals surface area (Å²) in [6, 6.07) is 68.5. The second-order valence-corrected chi connectivity index (χ2v) is 12.2. The minimum Gasteiger partial charge on any atom is -0.453 e. The standard InChI is InChI=1S/C46H32N2O/c1-3-13-33(14-4-1)36-17-11-18-37(31-36)34-25-27-39(28-26-34)47(42-23-12-16-35-15-7-8-21-41(35)42)40-29-30-44-46(32-40)49-45-24-10-9-22-43(45)48(44)38-19-5-2-6-20-38/h1-32H. The van der Waals surface area contributed by atoms with E-state index in [2.05, 4.69) is 186 Å². The van der Waals surface area contributed by atoms with E-state index in [9.17, 15) is 0 Å². The first-order valence-electron chi connectivity index (χ1n) is 16.6. The average molecular weight is 629 g/mol. The fourth-order valence-electron chi connectivity index (χ4n) is 6.88. The van der Waals surface area contributed by atoms with E-state index in [1.807, 2.05) is 18.2 Å². The third-order valence-electron chi connectivity index (χ3n) is 9.22. The lowest BCUT2D eigenvalue weighted by molar-refractivity contribution is 0.477. The van der Waals surface area contributed by atoms with Crippen LogP contribution in [0.5, 0.6) is 11.5 Å². The Morgan fingerprint density at radius 1 is 0.388 bits per heavy atom. The Kier molecular flexibility index (Phi) is 7.14. The van der Waals surface area contributed by atoms with E-state index in [0.29, 0.717) is 0 Å². The van der Waals surface area contributed by atoms with Gasteiger partial charge in [-0.3, -0.25) is 0 Å². The minimum atomic E-state index is 0.805. The minimum absolute atomic E-state index is 0.805. The van der Waals surface area contributed by atoms with Crippen molar-refractivity contribution < 1.29 is 4.74 Å². The Morgan fingerprint density at radius 2 is 0.980 bits per heavy atom. The highest BCUT2D eigenvalue weighted by atomic mass is 16.5. The van der Waals surface area contributed by atoms with Crippen LogP contribution < -0.4 is 14.5 Å². The Labute approximate surface area is 286 Å². The van der Waals surface area contributed by atoms with Crippen LogP contribution in [0.3, 0.4) is 0 Å². The fourth-order valence-corrected chi connectivity index (χ4v) is 6.88. The van der Waals surface area contributed by atoms with Crippen molar-refractivity contribution in [2.75, 3.05) is 9.80 Å². The van der Waals surface area contributed by atoms with E-state index in [4.69, 9.17) is 4.74 Å². The van der Waals surface area contributed by atoms with Gasteiger partial charge in [0, 0.05) is 22.8 Å². The quantitative estimate of drug-likeness (QED) is 0.182. The second kappa shape index (κ2) is 12.2. The molecule has 8 aromatic rings. The van der Waals surface area contributed by atoms with Gasteiger partial charge in [-0.1, -0.05) is 127 Å². The molecule has 1 heterocycles. The van der Waals surface area contributed by atoms with Crippen molar-refractivity contribution in [3.63, 3.8) is 0 Å². The van der Waals surface area contributed by atoms with Gasteiger partial charge in [0.2, 0.25) is 0 Å². The number of anilines is 6. The van der Waals surface area contributed by atoms with Gasteiger partial charge in [-0.25, -0.2) is 0 Å². The Bertz CT molecular complexity index is 2410. The maximum absolute atomic E-state index is 6.64. The summed E-state index contributed by atoms with van der Waals surface area (Å²) in [5.74, 6) is 1.63. The summed E-state index contributed by atoms with van der Waals surface area (Å²) in [6.07, 6.45) is 0. The lowest BCUT2D eigenvalue weighted by Gasteiger charge is -2.34. The fraction of sp³-hybridized carbons (Fsp3) is 0. The van der Waals surface area contributed by atoms with Crippen molar-refractivity contribution in [3.05, 3.63) is 194 Å². The van der Waals surface area contributed by atoms with E-state index < -0.39 is 0 Å². The van der Waals surface area contributed by atoms with Crippen molar-refractivity contribution in [1.29, 1.82) is 0 Å². The summed E-state index contributed by atoms with van der Waals surface area (Å²) >= 11 is 0. The molecule has 0 amide bonds. The molecule has 49 heavy (non-hydrogen) atoms. The van der Waals surface area contributed by atoms with E-state index in [-0.39, 0.29) is 0 Å². The molecule has 0 atom stereocenters. The third kappa shape index (κ3) is 5.28. The molecule has 0 aliphatic carbocycles. The van der Waals surface area contributed by atoms with Crippen molar-refractivity contribution in [2.45, 2.75) is 0 Å². The molecule has 0 radical (unpaired) electrons. The molecule has 0 saturated heterocycles. The average Bonchev–Trinajstić information content (AvgIpc) is 3.18. The largest absolute Gasteiger partial charge is 0.453 e. The first-order chi connectivity index (χ1) is 24.3. The number of fused-ring (bicyclic) bond motifs is 3. The monoisotopic (exact) mass is 628 g/mol. The molecule has 0 fully saturated rings. The summed E-state index contributed by atoms with van der Waals surface area (Å²) in [4.78, 5) is 4.61. The number of ether oxygens (including phenoxy) is 1. The van der Waals surface area contributed by atoms with Gasteiger partial charge in [0.05, 0.1) is 22.7 Å². The van der Waals surface area contributed by atoms with Gasteiger partial charge in [-0.2, -0.15) is 0 Å². The predicted octanol–water partition coefficient (Wildman–Crippen LogP) is 13.2. The number of benzene rings is 8. The Hall–Kier alpha value is -6.58. The predicted molar refractivity (Wildman–Crippen MR) is 204 cm³/mol. The van der Waals surface area contributed by atoms with E-state index >= 15 is 0 Å². The maximum Gasteiger partial charge on any atom is 0.153 e. The number of para-hydroxylation sites is 3. The van der Waals surface area contributed by atoms with Gasteiger partial charge in [0.25, 0.3) is 0 Å². The number of hydrogen-bond donors (Lipinski definition) is 0. The molecule has 3 nitrogen and oxygen atoms in total. The molecular weight excluding hydrogens is 597 g/mol. The van der Waals surface area contributed by atoms with Crippen LogP contribution in [-0.2, 0) is 0 Å². The normalized spacial score (nSPS) is 11.8. The number of rotatable bonds is 6. The molecule has 8 aromatic carbocycles. The van der Waals surface area contributed by atoms with Crippen LogP contribution >= 0.6 is 0 Å². The molecule has 232 valence electrons. The van der Waals surface area contributed by atoms with Gasteiger partial charge < -0.3 is 14.5 Å². The molecular formula is C46H32N2O. The van der Waals surface area contributed by atoms with Gasteiger partial charge in [-0.15, -0.1) is 0 Å². The number of nitrogens with zero attached hydrogens (tertiary/aromatic N) is 2. The zero-order valence-corrected chi connectivity index (χ0v) is 26.8. The second-order valence-electron chi connectivity index (χ2n) is 12.2. The smallest absolute Gasteiger partial charge is 0.153 e. The number of hydrogen-bond acceptors (Lipinski definition) is 3. The first-order valence-corrected chi connectivity index (χ1v) is 16.6. The zero-order chi connectivity index (χ0) is 32.6. The van der Waals surface area contributed by atoms with Crippen molar-refractivity contribution in [3.8, 4) is 33.8 Å². The van der Waals surface area contributed by atoms with Gasteiger partial charge in [0.1, 0.15) is 0 Å². The maximum atomic E-state index is 6.64. The van der Waals surface area contributed by atoms with Crippen LogP contribution in [0.1, 0.15) is 0 Å². The van der Waals surface area contributed by atoms with Crippen LogP contribution in [0.4, 0.5) is 34.1 Å². The Balaban J connectivity index is 1.16. The SMILES string of the molecule is c1ccc(-c2cccc(-c3ccc(N(c4ccc5c(c4)Oc4ccccc4N5c4ccccc4)c4cccc5ccccc45)cc3)c2)cc1. The van der Waals surface area contributed by atoms with Crippen molar-refractivity contribution >= 4 is 44.9 Å². The summed E-state index contributed by atoms with van der Waals surface area (Å²) in [5, 5.41) is 2.37. The molecule has 1 aliphatic rings. The zero-order valence-electron chi connectivity index (χ0n) is 26.8. The van der Waals surface area contributed by atoms with Gasteiger partial charge >= 0.3 is 0 Å². The molecule has 3 heteroatoms. The highest BCUT2D eigenvalue weighted by molar-refractivity contribution is 5.99. The van der Waals surface area contributed by atoms with Crippen LogP contribution in [0.2, 0.25) is 0 Å². The molecule has 0 bridgehead atoms. The lowest BCUT2D eigenvalue weighted by Crippen LogP contribution is -2.17. The van der Waals surface area contributed by atoms with E-state index in [1.165, 1.54) is 33.0 Å². The van der Waals surface area contributed by atoms with Crippen molar-refractivity contribution in [1.82, 2.24) is 0 Å². The summed E-state index contributed by atoms with van der Waals surface area (Å²) in [6.45, 7) is 0. The molecule has 0 saturated carbocycles. The molecule has 9 rings (SSSR count). The summed E-state index contributed by atoms with van der Waals surface area (Å²) in [7, 11) is 0. The Morgan fingerprint density at radius 3 is 1.80 bits per heavy atom. The van der Waals surface area contributed by atoms with Crippen LogP contribution in [-0.4, -0.2) is 0 Å². The van der Waals surface area contributed by atoms with Crippen LogP contribution in [0.15, 0.2) is 194 Å². The van der Waals surface area contributed by atoms with Gasteiger partial charge in [-0.05, 0) is 88.3 Å². The van der Waals surface area contributed by atoms with Gasteiger partial charge in [0.15, 0.2) is 11.5 Å². The molecule has 0 spiro atoms. The molecule has 1 aliphatic heterocycles. The molecule has 0 N–H and O–H groups in total. The van der Waals surface area contributed by atoms with Crippen LogP contribution in [0, 0.1) is 0 Å². The van der Waals surface area contributed by atoms with Crippen molar-refractivity contribution in [2.24, 2.45) is 0 Å². The van der Waals surface area contributed by atoms with E-state index in [0.717, 1.165) is 45.6 Å².